The van der Waals surface area contributed by atoms with Crippen LogP contribution >= 0.6 is 0 Å². The second kappa shape index (κ2) is 5.83. The predicted octanol–water partition coefficient (Wildman–Crippen LogP) is 2.11. The molecular weight excluding hydrogens is 261 g/mol. The van der Waals surface area contributed by atoms with Crippen molar-refractivity contribution in [2.75, 3.05) is 0 Å². The number of halogens is 1. The summed E-state index contributed by atoms with van der Waals surface area (Å²) in [6.45, 7) is 2.24. The summed E-state index contributed by atoms with van der Waals surface area (Å²) in [6.07, 6.45) is 1.33. The first-order chi connectivity index (χ1) is 9.49. The number of carbonyl (C=O) groups is 1. The zero-order valence-electron chi connectivity index (χ0n) is 11.3. The summed E-state index contributed by atoms with van der Waals surface area (Å²) in [7, 11) is 1.69. The summed E-state index contributed by atoms with van der Waals surface area (Å²) in [5.74, 6) is -1.30. The van der Waals surface area contributed by atoms with E-state index >= 15 is 0 Å². The lowest BCUT2D eigenvalue weighted by Crippen LogP contribution is -2.21. The normalized spacial score (nSPS) is 12.3. The van der Waals surface area contributed by atoms with Crippen molar-refractivity contribution in [2.24, 2.45) is 7.05 Å². The smallest absolute Gasteiger partial charge is 0.339 e. The number of nitrogens with one attached hydrogen (secondary N) is 1. The molecule has 6 heteroatoms. The standard InChI is InChI=1S/C14H16FN3O2/c1-9(10-4-3-5-11(15)6-10)16-8-13-12(14(19)20)7-17-18(13)2/h3-7,9,16H,8H2,1-2H3,(H,19,20). The molecule has 0 bridgehead atoms. The van der Waals surface area contributed by atoms with Crippen molar-refractivity contribution in [3.05, 3.63) is 53.1 Å². The summed E-state index contributed by atoms with van der Waals surface area (Å²) in [5, 5.41) is 16.2. The Balaban J connectivity index is 2.09. The second-order valence-electron chi connectivity index (χ2n) is 4.59. The van der Waals surface area contributed by atoms with Gasteiger partial charge in [-0.3, -0.25) is 4.68 Å². The summed E-state index contributed by atoms with van der Waals surface area (Å²) in [5.41, 5.74) is 1.57. The number of rotatable bonds is 5. The van der Waals surface area contributed by atoms with Crippen LogP contribution in [-0.2, 0) is 13.6 Å². The van der Waals surface area contributed by atoms with E-state index in [1.807, 2.05) is 13.0 Å². The Labute approximate surface area is 116 Å². The van der Waals surface area contributed by atoms with Crippen molar-refractivity contribution in [1.29, 1.82) is 0 Å². The van der Waals surface area contributed by atoms with E-state index in [1.165, 1.54) is 23.0 Å². The van der Waals surface area contributed by atoms with E-state index < -0.39 is 5.97 Å². The molecule has 0 amide bonds. The van der Waals surface area contributed by atoms with Crippen LogP contribution in [0.2, 0.25) is 0 Å². The van der Waals surface area contributed by atoms with E-state index in [4.69, 9.17) is 5.11 Å². The highest BCUT2D eigenvalue weighted by Crippen LogP contribution is 2.15. The van der Waals surface area contributed by atoms with Gasteiger partial charge >= 0.3 is 5.97 Å². The fourth-order valence-corrected chi connectivity index (χ4v) is 1.99. The highest BCUT2D eigenvalue weighted by Gasteiger charge is 2.15. The molecule has 20 heavy (non-hydrogen) atoms. The lowest BCUT2D eigenvalue weighted by atomic mass is 10.1. The summed E-state index contributed by atoms with van der Waals surface area (Å²) in [6, 6.07) is 6.22. The lowest BCUT2D eigenvalue weighted by Gasteiger charge is -2.15. The van der Waals surface area contributed by atoms with E-state index in [1.54, 1.807) is 13.1 Å². The first kappa shape index (κ1) is 14.2. The van der Waals surface area contributed by atoms with Gasteiger partial charge in [0.25, 0.3) is 0 Å². The molecule has 1 aromatic heterocycles. The topological polar surface area (TPSA) is 67.2 Å². The highest BCUT2D eigenvalue weighted by atomic mass is 19.1. The van der Waals surface area contributed by atoms with Crippen LogP contribution in [0.25, 0.3) is 0 Å². The van der Waals surface area contributed by atoms with Crippen LogP contribution in [0.3, 0.4) is 0 Å². The van der Waals surface area contributed by atoms with Crippen LogP contribution in [-0.4, -0.2) is 20.9 Å². The molecule has 0 radical (unpaired) electrons. The predicted molar refractivity (Wildman–Crippen MR) is 71.8 cm³/mol. The van der Waals surface area contributed by atoms with E-state index in [0.29, 0.717) is 12.2 Å². The Morgan fingerprint density at radius 1 is 1.55 bits per heavy atom. The molecule has 1 heterocycles. The first-order valence-corrected chi connectivity index (χ1v) is 6.22. The molecule has 0 aliphatic heterocycles. The molecule has 0 aliphatic rings. The number of aromatic carboxylic acids is 1. The lowest BCUT2D eigenvalue weighted by molar-refractivity contribution is 0.0695. The number of carboxylic acid groups (broad SMARTS) is 1. The summed E-state index contributed by atoms with van der Waals surface area (Å²) < 4.78 is 14.7. The van der Waals surface area contributed by atoms with Gasteiger partial charge in [0.1, 0.15) is 11.4 Å². The molecule has 1 atom stereocenters. The number of hydrogen-bond donors (Lipinski definition) is 2. The Morgan fingerprint density at radius 3 is 2.95 bits per heavy atom. The third-order valence-corrected chi connectivity index (χ3v) is 3.22. The maximum absolute atomic E-state index is 13.2. The van der Waals surface area contributed by atoms with Crippen molar-refractivity contribution in [2.45, 2.75) is 19.5 Å². The first-order valence-electron chi connectivity index (χ1n) is 6.22. The minimum Gasteiger partial charge on any atom is -0.478 e. The molecule has 5 nitrogen and oxygen atoms in total. The minimum atomic E-state index is -1.01. The van der Waals surface area contributed by atoms with E-state index in [2.05, 4.69) is 10.4 Å². The van der Waals surface area contributed by atoms with Gasteiger partial charge in [-0.1, -0.05) is 12.1 Å². The number of carboxylic acids is 1. The van der Waals surface area contributed by atoms with Crippen molar-refractivity contribution in [1.82, 2.24) is 15.1 Å². The Kier molecular flexibility index (Phi) is 4.14. The average Bonchev–Trinajstić information content (AvgIpc) is 2.77. The highest BCUT2D eigenvalue weighted by molar-refractivity contribution is 5.88. The van der Waals surface area contributed by atoms with Crippen LogP contribution in [0, 0.1) is 5.82 Å². The number of aryl methyl sites for hydroxylation is 1. The van der Waals surface area contributed by atoms with Crippen molar-refractivity contribution >= 4 is 5.97 Å². The largest absolute Gasteiger partial charge is 0.478 e. The van der Waals surface area contributed by atoms with Crippen LogP contribution in [0.5, 0.6) is 0 Å². The average molecular weight is 277 g/mol. The third kappa shape index (κ3) is 3.03. The van der Waals surface area contributed by atoms with Gasteiger partial charge in [-0.05, 0) is 24.6 Å². The summed E-state index contributed by atoms with van der Waals surface area (Å²) in [4.78, 5) is 11.1. The molecule has 0 aliphatic carbocycles. The van der Waals surface area contributed by atoms with Gasteiger partial charge in [0, 0.05) is 19.6 Å². The Hall–Kier alpha value is -2.21. The van der Waals surface area contributed by atoms with Gasteiger partial charge in [0.15, 0.2) is 0 Å². The van der Waals surface area contributed by atoms with Gasteiger partial charge in [0.05, 0.1) is 11.9 Å². The van der Waals surface area contributed by atoms with Crippen molar-refractivity contribution < 1.29 is 14.3 Å². The molecular formula is C14H16FN3O2. The minimum absolute atomic E-state index is 0.0951. The molecule has 1 aromatic carbocycles. The molecule has 0 saturated heterocycles. The molecule has 2 rings (SSSR count). The van der Waals surface area contributed by atoms with Crippen LogP contribution in [0.15, 0.2) is 30.5 Å². The molecule has 2 N–H and O–H groups in total. The molecule has 1 unspecified atom stereocenters. The monoisotopic (exact) mass is 277 g/mol. The number of aromatic nitrogens is 2. The zero-order valence-corrected chi connectivity index (χ0v) is 11.3. The number of benzene rings is 1. The SMILES string of the molecule is CC(NCc1c(C(=O)O)cnn1C)c1cccc(F)c1. The number of nitrogens with zero attached hydrogens (tertiary/aromatic N) is 2. The second-order valence-corrected chi connectivity index (χ2v) is 4.59. The Morgan fingerprint density at radius 2 is 2.30 bits per heavy atom. The molecule has 2 aromatic rings. The zero-order chi connectivity index (χ0) is 14.7. The fourth-order valence-electron chi connectivity index (χ4n) is 1.99. The molecule has 106 valence electrons. The quantitative estimate of drug-likeness (QED) is 0.878. The molecule has 0 spiro atoms. The maximum Gasteiger partial charge on any atom is 0.339 e. The van der Waals surface area contributed by atoms with Gasteiger partial charge < -0.3 is 10.4 Å². The maximum atomic E-state index is 13.2. The van der Waals surface area contributed by atoms with Gasteiger partial charge in [0.2, 0.25) is 0 Å². The van der Waals surface area contributed by atoms with Crippen LogP contribution in [0.4, 0.5) is 4.39 Å². The number of hydrogen-bond acceptors (Lipinski definition) is 3. The van der Waals surface area contributed by atoms with Gasteiger partial charge in [-0.2, -0.15) is 5.10 Å². The van der Waals surface area contributed by atoms with Gasteiger partial charge in [-0.15, -0.1) is 0 Å². The Bertz CT molecular complexity index is 625. The third-order valence-electron chi connectivity index (χ3n) is 3.22. The van der Waals surface area contributed by atoms with E-state index in [9.17, 15) is 9.18 Å². The van der Waals surface area contributed by atoms with Crippen molar-refractivity contribution in [3.8, 4) is 0 Å². The van der Waals surface area contributed by atoms with Crippen LogP contribution < -0.4 is 5.32 Å². The van der Waals surface area contributed by atoms with E-state index in [0.717, 1.165) is 5.56 Å². The fraction of sp³-hybridized carbons (Fsp3) is 0.286. The van der Waals surface area contributed by atoms with E-state index in [-0.39, 0.29) is 17.4 Å². The van der Waals surface area contributed by atoms with Crippen molar-refractivity contribution in [3.63, 3.8) is 0 Å². The van der Waals surface area contributed by atoms with Crippen LogP contribution in [0.1, 0.15) is 34.6 Å². The molecule has 0 fully saturated rings. The molecule has 0 saturated carbocycles. The summed E-state index contributed by atoms with van der Waals surface area (Å²) >= 11 is 0. The van der Waals surface area contributed by atoms with Gasteiger partial charge in [-0.25, -0.2) is 9.18 Å².